The van der Waals surface area contributed by atoms with Crippen LogP contribution in [0.5, 0.6) is 0 Å². The van der Waals surface area contributed by atoms with Crippen molar-refractivity contribution < 1.29 is 4.74 Å². The van der Waals surface area contributed by atoms with Crippen molar-refractivity contribution in [3.8, 4) is 6.07 Å². The maximum Gasteiger partial charge on any atom is 0.0940 e. The van der Waals surface area contributed by atoms with Crippen LogP contribution in [0.2, 0.25) is 0 Å². The van der Waals surface area contributed by atoms with E-state index < -0.39 is 0 Å². The fourth-order valence-electron chi connectivity index (χ4n) is 0.783. The van der Waals surface area contributed by atoms with Gasteiger partial charge in [0.05, 0.1) is 18.7 Å². The number of likely N-dealkylation sites (N-methyl/N-ethyl adjacent to an activating group) is 1. The van der Waals surface area contributed by atoms with Crippen LogP contribution in [0.1, 0.15) is 6.42 Å². The average Bonchev–Trinajstić information content (AvgIpc) is 2.10. The van der Waals surface area contributed by atoms with Gasteiger partial charge in [-0.2, -0.15) is 5.26 Å². The van der Waals surface area contributed by atoms with Crippen LogP contribution in [0.4, 0.5) is 0 Å². The first-order valence-electron chi connectivity index (χ1n) is 4.03. The van der Waals surface area contributed by atoms with Crippen LogP contribution in [0.25, 0.3) is 0 Å². The Morgan fingerprint density at radius 2 is 2.25 bits per heavy atom. The number of nitriles is 1. The monoisotopic (exact) mass is 171 g/mol. The highest BCUT2D eigenvalue weighted by Gasteiger charge is 2.02. The summed E-state index contributed by atoms with van der Waals surface area (Å²) in [5.74, 6) is 0. The van der Waals surface area contributed by atoms with Crippen molar-refractivity contribution in [3.63, 3.8) is 0 Å². The summed E-state index contributed by atoms with van der Waals surface area (Å²) in [5.41, 5.74) is 5.43. The van der Waals surface area contributed by atoms with Crippen LogP contribution in [0.15, 0.2) is 0 Å². The molecule has 4 nitrogen and oxygen atoms in total. The molecule has 0 saturated carbocycles. The third-order valence-electron chi connectivity index (χ3n) is 1.66. The largest absolute Gasteiger partial charge is 0.383 e. The normalized spacial score (nSPS) is 12.9. The molecule has 0 aliphatic carbocycles. The van der Waals surface area contributed by atoms with E-state index in [1.807, 2.05) is 13.1 Å². The van der Waals surface area contributed by atoms with Gasteiger partial charge in [-0.3, -0.25) is 0 Å². The van der Waals surface area contributed by atoms with Crippen molar-refractivity contribution in [1.29, 1.82) is 5.26 Å². The van der Waals surface area contributed by atoms with Crippen molar-refractivity contribution in [2.45, 2.75) is 12.5 Å². The summed E-state index contributed by atoms with van der Waals surface area (Å²) in [6.07, 6.45) is 0.719. The molecule has 4 heteroatoms. The molecule has 1 atom stereocenters. The van der Waals surface area contributed by atoms with Crippen LogP contribution in [-0.4, -0.2) is 44.8 Å². The molecular formula is C8H17N3O. The number of nitrogens with zero attached hydrogens (tertiary/aromatic N) is 2. The summed E-state index contributed by atoms with van der Waals surface area (Å²) in [4.78, 5) is 2.10. The summed E-state index contributed by atoms with van der Waals surface area (Å²) < 4.78 is 4.91. The molecule has 70 valence electrons. The molecule has 0 rings (SSSR count). The highest BCUT2D eigenvalue weighted by molar-refractivity contribution is 4.86. The Morgan fingerprint density at radius 1 is 1.58 bits per heavy atom. The third kappa shape index (κ3) is 6.10. The van der Waals surface area contributed by atoms with E-state index in [2.05, 4.69) is 4.90 Å². The van der Waals surface area contributed by atoms with Gasteiger partial charge in [0.1, 0.15) is 0 Å². The molecule has 0 amide bonds. The molecule has 0 aromatic heterocycles. The molecule has 0 fully saturated rings. The molecule has 0 aromatic carbocycles. The number of hydrogen-bond acceptors (Lipinski definition) is 4. The van der Waals surface area contributed by atoms with Crippen LogP contribution < -0.4 is 5.73 Å². The lowest BCUT2D eigenvalue weighted by Gasteiger charge is -2.15. The Morgan fingerprint density at radius 3 is 2.75 bits per heavy atom. The van der Waals surface area contributed by atoms with Gasteiger partial charge in [0, 0.05) is 20.2 Å². The van der Waals surface area contributed by atoms with E-state index in [1.54, 1.807) is 7.11 Å². The quantitative estimate of drug-likeness (QED) is 0.601. The van der Waals surface area contributed by atoms with Gasteiger partial charge in [0.25, 0.3) is 0 Å². The minimum atomic E-state index is -0.338. The van der Waals surface area contributed by atoms with Gasteiger partial charge >= 0.3 is 0 Å². The first kappa shape index (κ1) is 11.4. The predicted molar refractivity (Wildman–Crippen MR) is 47.6 cm³/mol. The van der Waals surface area contributed by atoms with Gasteiger partial charge in [0.15, 0.2) is 0 Å². The predicted octanol–water partition coefficient (Wildman–Crippen LogP) is -0.194. The van der Waals surface area contributed by atoms with E-state index in [1.165, 1.54) is 0 Å². The zero-order valence-electron chi connectivity index (χ0n) is 7.79. The number of methoxy groups -OCH3 is 1. The minimum Gasteiger partial charge on any atom is -0.383 e. The van der Waals surface area contributed by atoms with E-state index in [4.69, 9.17) is 15.7 Å². The van der Waals surface area contributed by atoms with Crippen LogP contribution in [0.3, 0.4) is 0 Å². The SMILES string of the molecule is COCCN(C)CCC(N)C#N. The first-order chi connectivity index (χ1) is 5.70. The fourth-order valence-corrected chi connectivity index (χ4v) is 0.783. The summed E-state index contributed by atoms with van der Waals surface area (Å²) in [6.45, 7) is 2.45. The van der Waals surface area contributed by atoms with Gasteiger partial charge in [0.2, 0.25) is 0 Å². The Labute approximate surface area is 73.9 Å². The van der Waals surface area contributed by atoms with Crippen LogP contribution in [0, 0.1) is 11.3 Å². The second kappa shape index (κ2) is 7.04. The topological polar surface area (TPSA) is 62.3 Å². The van der Waals surface area contributed by atoms with E-state index in [0.29, 0.717) is 0 Å². The molecule has 0 bridgehead atoms. The molecule has 12 heavy (non-hydrogen) atoms. The lowest BCUT2D eigenvalue weighted by atomic mass is 10.2. The summed E-state index contributed by atoms with van der Waals surface area (Å²) in [7, 11) is 3.66. The molecule has 0 saturated heterocycles. The lowest BCUT2D eigenvalue weighted by Crippen LogP contribution is -2.29. The Bertz CT molecular complexity index is 144. The van der Waals surface area contributed by atoms with Gasteiger partial charge in [-0.1, -0.05) is 0 Å². The zero-order valence-corrected chi connectivity index (χ0v) is 7.79. The van der Waals surface area contributed by atoms with Gasteiger partial charge in [-0.25, -0.2) is 0 Å². The maximum atomic E-state index is 8.41. The molecule has 0 aliphatic heterocycles. The number of hydrogen-bond donors (Lipinski definition) is 1. The van der Waals surface area contributed by atoms with Gasteiger partial charge < -0.3 is 15.4 Å². The minimum absolute atomic E-state index is 0.338. The van der Waals surface area contributed by atoms with Crippen molar-refractivity contribution in [3.05, 3.63) is 0 Å². The molecule has 0 aromatic rings. The fraction of sp³-hybridized carbons (Fsp3) is 0.875. The molecule has 1 unspecified atom stereocenters. The van der Waals surface area contributed by atoms with E-state index in [0.717, 1.165) is 26.1 Å². The maximum absolute atomic E-state index is 8.41. The van der Waals surface area contributed by atoms with Crippen LogP contribution in [-0.2, 0) is 4.74 Å². The molecule has 0 aliphatic rings. The standard InChI is InChI=1S/C8H17N3O/c1-11(5-6-12-2)4-3-8(10)7-9/h8H,3-6,10H2,1-2H3. The summed E-state index contributed by atoms with van der Waals surface area (Å²) >= 11 is 0. The third-order valence-corrected chi connectivity index (χ3v) is 1.66. The smallest absolute Gasteiger partial charge is 0.0940 e. The zero-order chi connectivity index (χ0) is 9.40. The summed E-state index contributed by atoms with van der Waals surface area (Å²) in [6, 6.07) is 1.66. The second-order valence-corrected chi connectivity index (χ2v) is 2.82. The molecular weight excluding hydrogens is 154 g/mol. The highest BCUT2D eigenvalue weighted by atomic mass is 16.5. The molecule has 0 spiro atoms. The number of nitrogens with two attached hydrogens (primary N) is 1. The van der Waals surface area contributed by atoms with Crippen molar-refractivity contribution >= 4 is 0 Å². The van der Waals surface area contributed by atoms with E-state index in [-0.39, 0.29) is 6.04 Å². The average molecular weight is 171 g/mol. The Balaban J connectivity index is 3.31. The lowest BCUT2D eigenvalue weighted by molar-refractivity contribution is 0.160. The Hall–Kier alpha value is -0.630. The van der Waals surface area contributed by atoms with Crippen LogP contribution >= 0.6 is 0 Å². The van der Waals surface area contributed by atoms with Crippen molar-refractivity contribution in [1.82, 2.24) is 4.90 Å². The highest BCUT2D eigenvalue weighted by Crippen LogP contribution is 1.90. The number of ether oxygens (including phenoxy) is 1. The molecule has 0 radical (unpaired) electrons. The molecule has 0 heterocycles. The van der Waals surface area contributed by atoms with E-state index in [9.17, 15) is 0 Å². The first-order valence-corrected chi connectivity index (χ1v) is 4.03. The molecule has 2 N–H and O–H groups in total. The van der Waals surface area contributed by atoms with Crippen molar-refractivity contribution in [2.75, 3.05) is 33.9 Å². The second-order valence-electron chi connectivity index (χ2n) is 2.82. The Kier molecular flexibility index (Phi) is 6.67. The van der Waals surface area contributed by atoms with E-state index >= 15 is 0 Å². The summed E-state index contributed by atoms with van der Waals surface area (Å²) in [5, 5.41) is 8.41. The number of rotatable bonds is 6. The van der Waals surface area contributed by atoms with Gasteiger partial charge in [-0.05, 0) is 13.5 Å². The van der Waals surface area contributed by atoms with Crippen molar-refractivity contribution in [2.24, 2.45) is 5.73 Å². The van der Waals surface area contributed by atoms with Gasteiger partial charge in [-0.15, -0.1) is 0 Å².